The fourth-order valence-corrected chi connectivity index (χ4v) is 5.77. The van der Waals surface area contributed by atoms with Gasteiger partial charge in [0.25, 0.3) is 0 Å². The van der Waals surface area contributed by atoms with Crippen LogP contribution in [-0.2, 0) is 26.5 Å². The van der Waals surface area contributed by atoms with Crippen LogP contribution >= 0.6 is 11.3 Å². The summed E-state index contributed by atoms with van der Waals surface area (Å²) in [6.45, 7) is 2.80. The Hall–Kier alpha value is -4.24. The van der Waals surface area contributed by atoms with Crippen LogP contribution in [0.4, 0.5) is 11.4 Å². The van der Waals surface area contributed by atoms with E-state index in [4.69, 9.17) is 0 Å². The quantitative estimate of drug-likeness (QED) is 0.255. The zero-order valence-electron chi connectivity index (χ0n) is 21.6. The topological polar surface area (TPSA) is 112 Å². The molecule has 0 aliphatic carbocycles. The van der Waals surface area contributed by atoms with Crippen LogP contribution in [0.5, 0.6) is 0 Å². The molecular weight excluding hydrogens is 512 g/mol. The average molecular weight is 543 g/mol. The normalized spacial score (nSPS) is 16.7. The highest BCUT2D eigenvalue weighted by molar-refractivity contribution is 7.09. The second-order valence-electron chi connectivity index (χ2n) is 9.82. The minimum atomic E-state index is -1.11. The number of benzene rings is 2. The lowest BCUT2D eigenvalue weighted by Crippen LogP contribution is -2.49. The van der Waals surface area contributed by atoms with Crippen LogP contribution in [-0.4, -0.2) is 34.4 Å². The molecule has 200 valence electrons. The van der Waals surface area contributed by atoms with Gasteiger partial charge in [-0.3, -0.25) is 19.4 Å². The average Bonchev–Trinajstić information content (AvgIpc) is 3.61. The first-order valence-corrected chi connectivity index (χ1v) is 13.8. The van der Waals surface area contributed by atoms with Crippen molar-refractivity contribution in [1.82, 2.24) is 10.3 Å². The molecule has 8 nitrogen and oxygen atoms in total. The number of amides is 2. The van der Waals surface area contributed by atoms with Crippen molar-refractivity contribution in [3.05, 3.63) is 88.9 Å². The highest BCUT2D eigenvalue weighted by Gasteiger charge is 2.41. The smallest absolute Gasteiger partial charge is 0.306 e. The van der Waals surface area contributed by atoms with Crippen molar-refractivity contribution in [2.75, 3.05) is 16.8 Å². The fourth-order valence-electron chi connectivity index (χ4n) is 5.12. The van der Waals surface area contributed by atoms with E-state index in [1.807, 2.05) is 43.3 Å². The molecule has 2 amide bonds. The van der Waals surface area contributed by atoms with E-state index in [-0.39, 0.29) is 31.2 Å². The van der Waals surface area contributed by atoms with Gasteiger partial charge >= 0.3 is 5.97 Å². The summed E-state index contributed by atoms with van der Waals surface area (Å²) < 4.78 is 0. The van der Waals surface area contributed by atoms with Crippen molar-refractivity contribution in [1.29, 1.82) is 0 Å². The summed E-state index contributed by atoms with van der Waals surface area (Å²) in [5.41, 5.74) is 1.24. The zero-order chi connectivity index (χ0) is 27.4. The number of fused-ring (bicyclic) bond motifs is 1. The van der Waals surface area contributed by atoms with Crippen LogP contribution < -0.4 is 15.5 Å². The van der Waals surface area contributed by atoms with E-state index in [9.17, 15) is 19.5 Å². The summed E-state index contributed by atoms with van der Waals surface area (Å²) in [5, 5.41) is 20.1. The van der Waals surface area contributed by atoms with Gasteiger partial charge in [0, 0.05) is 48.2 Å². The number of carbonyl (C=O) groups excluding carboxylic acids is 2. The third-order valence-corrected chi connectivity index (χ3v) is 8.19. The number of aliphatic carboxylic acids is 1. The number of rotatable bonds is 10. The Balaban J connectivity index is 1.32. The van der Waals surface area contributed by atoms with Crippen molar-refractivity contribution in [3.63, 3.8) is 0 Å². The van der Waals surface area contributed by atoms with Crippen molar-refractivity contribution < 1.29 is 19.5 Å². The first-order chi connectivity index (χ1) is 18.9. The number of pyridine rings is 1. The highest BCUT2D eigenvalue weighted by atomic mass is 32.1. The summed E-state index contributed by atoms with van der Waals surface area (Å²) in [7, 11) is 0. The molecule has 9 heteroatoms. The highest BCUT2D eigenvalue weighted by Crippen LogP contribution is 2.33. The molecule has 3 heterocycles. The SMILES string of the molecule is CCC(CC(=O)O)(NC(=O)C1CC(=O)N(c2ccc3ccc(NCc4cccs4)cc3c2)C1)c1cccnc1. The maximum atomic E-state index is 13.4. The number of nitrogens with zero attached hydrogens (tertiary/aromatic N) is 2. The fraction of sp³-hybridized carbons (Fsp3) is 0.267. The molecule has 2 unspecified atom stereocenters. The molecular formula is C30H30N4O4S. The van der Waals surface area contributed by atoms with Gasteiger partial charge in [-0.1, -0.05) is 31.2 Å². The van der Waals surface area contributed by atoms with Gasteiger partial charge in [0.1, 0.15) is 0 Å². The van der Waals surface area contributed by atoms with Crippen LogP contribution in [0.15, 0.2) is 78.4 Å². The van der Waals surface area contributed by atoms with E-state index in [1.165, 1.54) is 4.88 Å². The van der Waals surface area contributed by atoms with Gasteiger partial charge in [-0.15, -0.1) is 11.3 Å². The molecule has 0 saturated carbocycles. The lowest BCUT2D eigenvalue weighted by atomic mass is 9.84. The Bertz CT molecular complexity index is 1490. The Kier molecular flexibility index (Phi) is 7.60. The Morgan fingerprint density at radius 1 is 1.13 bits per heavy atom. The van der Waals surface area contributed by atoms with E-state index in [0.717, 1.165) is 28.7 Å². The standard InChI is InChI=1S/C30H30N4O4S/c1-2-30(16-28(36)37,23-5-3-11-31-17-23)33-29(38)22-15-27(35)34(19-22)25-10-8-20-7-9-24(13-21(20)14-25)32-18-26-6-4-12-39-26/h3-14,17,22,32H,2,15-16,18-19H2,1H3,(H,33,38)(H,36,37). The van der Waals surface area contributed by atoms with E-state index in [2.05, 4.69) is 33.1 Å². The summed E-state index contributed by atoms with van der Waals surface area (Å²) in [5.74, 6) is -2.09. The number of anilines is 2. The number of aromatic nitrogens is 1. The number of hydrogen-bond acceptors (Lipinski definition) is 6. The summed E-state index contributed by atoms with van der Waals surface area (Å²) in [6, 6.07) is 19.6. The minimum Gasteiger partial charge on any atom is -0.481 e. The first kappa shape index (κ1) is 26.4. The zero-order valence-corrected chi connectivity index (χ0v) is 22.4. The molecule has 2 aromatic carbocycles. The van der Waals surface area contributed by atoms with Crippen molar-refractivity contribution in [3.8, 4) is 0 Å². The number of carboxylic acids is 1. The Morgan fingerprint density at radius 2 is 1.97 bits per heavy atom. The number of nitrogens with one attached hydrogen (secondary N) is 2. The predicted octanol–water partition coefficient (Wildman–Crippen LogP) is 5.16. The third kappa shape index (κ3) is 5.78. The number of thiophene rings is 1. The van der Waals surface area contributed by atoms with Crippen LogP contribution in [0.3, 0.4) is 0 Å². The van der Waals surface area contributed by atoms with Gasteiger partial charge in [0.15, 0.2) is 0 Å². The number of hydrogen-bond donors (Lipinski definition) is 3. The van der Waals surface area contributed by atoms with Gasteiger partial charge in [-0.2, -0.15) is 0 Å². The van der Waals surface area contributed by atoms with E-state index in [0.29, 0.717) is 12.0 Å². The molecule has 1 fully saturated rings. The second-order valence-corrected chi connectivity index (χ2v) is 10.9. The second kappa shape index (κ2) is 11.2. The van der Waals surface area contributed by atoms with Gasteiger partial charge in [-0.25, -0.2) is 0 Å². The molecule has 0 spiro atoms. The number of carbonyl (C=O) groups is 3. The molecule has 3 N–H and O–H groups in total. The van der Waals surface area contributed by atoms with Crippen molar-refractivity contribution in [2.24, 2.45) is 5.92 Å². The van der Waals surface area contributed by atoms with Gasteiger partial charge in [0.05, 0.1) is 17.9 Å². The summed E-state index contributed by atoms with van der Waals surface area (Å²) >= 11 is 1.70. The predicted molar refractivity (Wildman–Crippen MR) is 153 cm³/mol. The van der Waals surface area contributed by atoms with Gasteiger partial charge < -0.3 is 20.6 Å². The largest absolute Gasteiger partial charge is 0.481 e. The van der Waals surface area contributed by atoms with Crippen LogP contribution in [0.1, 0.15) is 36.6 Å². The maximum Gasteiger partial charge on any atom is 0.306 e. The van der Waals surface area contributed by atoms with Crippen LogP contribution in [0.25, 0.3) is 10.8 Å². The Labute approximate surface area is 230 Å². The molecule has 1 aliphatic heterocycles. The molecule has 1 saturated heterocycles. The van der Waals surface area contributed by atoms with Gasteiger partial charge in [0.2, 0.25) is 11.8 Å². The summed E-state index contributed by atoms with van der Waals surface area (Å²) in [6.07, 6.45) is 3.34. The van der Waals surface area contributed by atoms with E-state index in [1.54, 1.807) is 40.8 Å². The molecule has 0 radical (unpaired) electrons. The minimum absolute atomic E-state index is 0.0617. The third-order valence-electron chi connectivity index (χ3n) is 7.31. The molecule has 5 rings (SSSR count). The van der Waals surface area contributed by atoms with Crippen molar-refractivity contribution in [2.45, 2.75) is 38.3 Å². The summed E-state index contributed by atoms with van der Waals surface area (Å²) in [4.78, 5) is 45.2. The monoisotopic (exact) mass is 542 g/mol. The maximum absolute atomic E-state index is 13.4. The van der Waals surface area contributed by atoms with E-state index < -0.39 is 17.4 Å². The number of carboxylic acid groups (broad SMARTS) is 1. The Morgan fingerprint density at radius 3 is 2.69 bits per heavy atom. The lowest BCUT2D eigenvalue weighted by Gasteiger charge is -2.34. The van der Waals surface area contributed by atoms with Gasteiger partial charge in [-0.05, 0) is 64.5 Å². The van der Waals surface area contributed by atoms with E-state index >= 15 is 0 Å². The molecule has 4 aromatic rings. The lowest BCUT2D eigenvalue weighted by molar-refractivity contribution is -0.140. The molecule has 0 bridgehead atoms. The van der Waals surface area contributed by atoms with Crippen LogP contribution in [0, 0.1) is 5.92 Å². The molecule has 2 aromatic heterocycles. The van der Waals surface area contributed by atoms with Crippen LogP contribution in [0.2, 0.25) is 0 Å². The first-order valence-electron chi connectivity index (χ1n) is 12.9. The van der Waals surface area contributed by atoms with Crippen molar-refractivity contribution >= 4 is 51.3 Å². The molecule has 2 atom stereocenters. The molecule has 1 aliphatic rings. The molecule has 39 heavy (non-hydrogen) atoms.